The quantitative estimate of drug-likeness (QED) is 0.363. The lowest BCUT2D eigenvalue weighted by Crippen LogP contribution is -2.31. The maximum Gasteiger partial charge on any atom is 0.255 e. The van der Waals surface area contributed by atoms with Gasteiger partial charge in [0.2, 0.25) is 16.9 Å². The second kappa shape index (κ2) is 11.5. The standard InChI is InChI=1S/C26H31N5O5S/c1-7-36-18-12-10-9-11-17(18)28-24(32)21-15(3)27-25-29-26(37-8-2)30-31(25)22(21)16-13-19(33-4)23(35-6)20(14-16)34-5/h9-14,22H,7-8H2,1-6H3,(H,28,32)(H,27,29,30). The minimum Gasteiger partial charge on any atom is -0.493 e. The number of carbonyl (C=O) groups is 1. The van der Waals surface area contributed by atoms with Crippen LogP contribution in [0.2, 0.25) is 0 Å². The minimum atomic E-state index is -0.622. The van der Waals surface area contributed by atoms with Gasteiger partial charge in [-0.2, -0.15) is 4.98 Å². The minimum absolute atomic E-state index is 0.304. The van der Waals surface area contributed by atoms with E-state index >= 15 is 0 Å². The van der Waals surface area contributed by atoms with E-state index in [0.29, 0.717) is 57.7 Å². The van der Waals surface area contributed by atoms with E-state index in [1.54, 1.807) is 32.1 Å². The van der Waals surface area contributed by atoms with Gasteiger partial charge in [0.25, 0.3) is 5.91 Å². The first-order valence-electron chi connectivity index (χ1n) is 11.9. The number of nitrogens with one attached hydrogen (secondary N) is 2. The smallest absolute Gasteiger partial charge is 0.255 e. The Morgan fingerprint density at radius 1 is 1.08 bits per heavy atom. The molecule has 1 aromatic heterocycles. The lowest BCUT2D eigenvalue weighted by atomic mass is 9.94. The van der Waals surface area contributed by atoms with Crippen molar-refractivity contribution in [3.8, 4) is 23.0 Å². The van der Waals surface area contributed by atoms with Crippen LogP contribution in [0.15, 0.2) is 52.8 Å². The average Bonchev–Trinajstić information content (AvgIpc) is 3.30. The summed E-state index contributed by atoms with van der Waals surface area (Å²) in [5.41, 5.74) is 2.41. The monoisotopic (exact) mass is 525 g/mol. The van der Waals surface area contributed by atoms with E-state index in [4.69, 9.17) is 24.0 Å². The summed E-state index contributed by atoms with van der Waals surface area (Å²) in [6, 6.07) is 10.4. The fourth-order valence-corrected chi connectivity index (χ4v) is 4.78. The Balaban J connectivity index is 1.85. The zero-order valence-corrected chi connectivity index (χ0v) is 22.6. The number of nitrogens with zero attached hydrogens (tertiary/aromatic N) is 3. The van der Waals surface area contributed by atoms with Crippen LogP contribution in [0.3, 0.4) is 0 Å². The molecular weight excluding hydrogens is 494 g/mol. The fourth-order valence-electron chi connectivity index (χ4n) is 4.22. The Morgan fingerprint density at radius 2 is 1.78 bits per heavy atom. The van der Waals surface area contributed by atoms with Crippen molar-refractivity contribution in [3.63, 3.8) is 0 Å². The number of anilines is 2. The Bertz CT molecular complexity index is 1300. The molecule has 0 spiro atoms. The van der Waals surface area contributed by atoms with Crippen LogP contribution in [0.5, 0.6) is 23.0 Å². The van der Waals surface area contributed by atoms with Gasteiger partial charge in [-0.3, -0.25) is 4.79 Å². The molecule has 37 heavy (non-hydrogen) atoms. The Morgan fingerprint density at radius 3 is 2.41 bits per heavy atom. The fraction of sp³-hybridized carbons (Fsp3) is 0.346. The molecule has 0 bridgehead atoms. The van der Waals surface area contributed by atoms with Crippen molar-refractivity contribution in [2.24, 2.45) is 0 Å². The van der Waals surface area contributed by atoms with Crippen LogP contribution >= 0.6 is 11.8 Å². The van der Waals surface area contributed by atoms with Gasteiger partial charge in [-0.25, -0.2) is 4.68 Å². The molecule has 0 saturated heterocycles. The molecule has 3 aromatic rings. The van der Waals surface area contributed by atoms with Crippen molar-refractivity contribution in [3.05, 3.63) is 53.2 Å². The maximum absolute atomic E-state index is 13.9. The molecule has 2 N–H and O–H groups in total. The van der Waals surface area contributed by atoms with Gasteiger partial charge in [-0.15, -0.1) is 5.10 Å². The maximum atomic E-state index is 13.9. The molecule has 1 aliphatic heterocycles. The van der Waals surface area contributed by atoms with Crippen LogP contribution in [0.1, 0.15) is 32.4 Å². The summed E-state index contributed by atoms with van der Waals surface area (Å²) in [7, 11) is 4.66. The van der Waals surface area contributed by atoms with Crippen LogP contribution in [-0.2, 0) is 4.79 Å². The second-order valence-electron chi connectivity index (χ2n) is 8.00. The summed E-state index contributed by atoms with van der Waals surface area (Å²) in [5, 5.41) is 11.6. The highest BCUT2D eigenvalue weighted by molar-refractivity contribution is 7.99. The van der Waals surface area contributed by atoms with E-state index in [9.17, 15) is 4.79 Å². The number of thioether (sulfide) groups is 1. The summed E-state index contributed by atoms with van der Waals surface area (Å²) in [6.07, 6.45) is 0. The summed E-state index contributed by atoms with van der Waals surface area (Å²) in [4.78, 5) is 18.5. The van der Waals surface area contributed by atoms with Crippen LogP contribution in [0.25, 0.3) is 0 Å². The van der Waals surface area contributed by atoms with Gasteiger partial charge in [-0.1, -0.05) is 30.8 Å². The van der Waals surface area contributed by atoms with E-state index < -0.39 is 6.04 Å². The topological polar surface area (TPSA) is 109 Å². The summed E-state index contributed by atoms with van der Waals surface area (Å²) >= 11 is 1.52. The van der Waals surface area contributed by atoms with E-state index in [1.807, 2.05) is 51.1 Å². The first-order chi connectivity index (χ1) is 17.9. The molecule has 0 saturated carbocycles. The van der Waals surface area contributed by atoms with Gasteiger partial charge in [0, 0.05) is 5.70 Å². The molecule has 11 heteroatoms. The summed E-state index contributed by atoms with van der Waals surface area (Å²) in [5.74, 6) is 3.04. The van der Waals surface area contributed by atoms with Crippen LogP contribution in [-0.4, -0.2) is 54.4 Å². The highest BCUT2D eigenvalue weighted by atomic mass is 32.2. The van der Waals surface area contributed by atoms with Crippen LogP contribution in [0.4, 0.5) is 11.6 Å². The van der Waals surface area contributed by atoms with Crippen molar-refractivity contribution >= 4 is 29.3 Å². The average molecular weight is 526 g/mol. The SMILES string of the molecule is CCOc1ccccc1NC(=O)C1=C(C)Nc2nc(SCC)nn2C1c1cc(OC)c(OC)c(OC)c1. The predicted molar refractivity (Wildman–Crippen MR) is 143 cm³/mol. The van der Waals surface area contributed by atoms with Crippen molar-refractivity contribution in [2.45, 2.75) is 32.0 Å². The number of rotatable bonds is 10. The molecule has 1 amide bonds. The first kappa shape index (κ1) is 26.2. The lowest BCUT2D eigenvalue weighted by molar-refractivity contribution is -0.113. The van der Waals surface area contributed by atoms with E-state index in [-0.39, 0.29) is 5.91 Å². The van der Waals surface area contributed by atoms with Crippen molar-refractivity contribution in [1.82, 2.24) is 14.8 Å². The highest BCUT2D eigenvalue weighted by Gasteiger charge is 2.36. The number of para-hydroxylation sites is 2. The molecule has 0 fully saturated rings. The Kier molecular flexibility index (Phi) is 8.12. The van der Waals surface area contributed by atoms with Crippen LogP contribution < -0.4 is 29.6 Å². The first-order valence-corrected chi connectivity index (χ1v) is 12.8. The van der Waals surface area contributed by atoms with Crippen LogP contribution in [0, 0.1) is 0 Å². The number of hydrogen-bond acceptors (Lipinski definition) is 9. The van der Waals surface area contributed by atoms with Gasteiger partial charge in [0.1, 0.15) is 11.8 Å². The third-order valence-corrected chi connectivity index (χ3v) is 6.51. The van der Waals surface area contributed by atoms with E-state index in [1.165, 1.54) is 11.8 Å². The Labute approximate surface area is 220 Å². The number of benzene rings is 2. The highest BCUT2D eigenvalue weighted by Crippen LogP contribution is 2.44. The molecule has 1 atom stereocenters. The molecule has 1 aliphatic rings. The van der Waals surface area contributed by atoms with Gasteiger partial charge in [-0.05, 0) is 49.4 Å². The van der Waals surface area contributed by atoms with Gasteiger partial charge in [0.05, 0.1) is 39.2 Å². The number of ether oxygens (including phenoxy) is 4. The van der Waals surface area contributed by atoms with Gasteiger partial charge < -0.3 is 29.6 Å². The molecule has 1 unspecified atom stereocenters. The number of fused-ring (bicyclic) bond motifs is 1. The number of aromatic nitrogens is 3. The van der Waals surface area contributed by atoms with Crippen molar-refractivity contribution < 1.29 is 23.7 Å². The van der Waals surface area contributed by atoms with Crippen molar-refractivity contribution in [1.29, 1.82) is 0 Å². The summed E-state index contributed by atoms with van der Waals surface area (Å²) < 4.78 is 24.1. The molecule has 4 rings (SSSR count). The molecule has 0 aliphatic carbocycles. The number of allylic oxidation sites excluding steroid dienone is 1. The van der Waals surface area contributed by atoms with E-state index in [2.05, 4.69) is 15.6 Å². The number of carbonyl (C=O) groups excluding carboxylic acids is 1. The Hall–Kier alpha value is -3.86. The predicted octanol–water partition coefficient (Wildman–Crippen LogP) is 4.74. The normalized spacial score (nSPS) is 14.5. The molecule has 2 heterocycles. The molecule has 2 aromatic carbocycles. The summed E-state index contributed by atoms with van der Waals surface area (Å²) in [6.45, 7) is 6.26. The van der Waals surface area contributed by atoms with E-state index in [0.717, 1.165) is 11.3 Å². The molecule has 0 radical (unpaired) electrons. The van der Waals surface area contributed by atoms with Crippen molar-refractivity contribution in [2.75, 3.05) is 44.3 Å². The lowest BCUT2D eigenvalue weighted by Gasteiger charge is -2.29. The second-order valence-corrected chi connectivity index (χ2v) is 9.23. The number of amides is 1. The van der Waals surface area contributed by atoms with Gasteiger partial charge >= 0.3 is 0 Å². The zero-order valence-electron chi connectivity index (χ0n) is 21.7. The zero-order chi connectivity index (χ0) is 26.5. The molecular formula is C26H31N5O5S. The third-order valence-electron chi connectivity index (χ3n) is 5.79. The number of hydrogen-bond donors (Lipinski definition) is 2. The number of methoxy groups -OCH3 is 3. The largest absolute Gasteiger partial charge is 0.493 e. The molecule has 10 nitrogen and oxygen atoms in total. The molecule has 196 valence electrons. The third kappa shape index (κ3) is 5.17. The van der Waals surface area contributed by atoms with Gasteiger partial charge in [0.15, 0.2) is 11.5 Å².